The maximum absolute atomic E-state index is 11.4. The SMILES string of the molecule is CC(C)CC(=O)Nc1ccc(Cl)c(Cl)c1. The molecule has 0 radical (unpaired) electrons. The minimum absolute atomic E-state index is 0.0108. The summed E-state index contributed by atoms with van der Waals surface area (Å²) in [5, 5.41) is 3.69. The largest absolute Gasteiger partial charge is 0.326 e. The number of nitrogens with one attached hydrogen (secondary N) is 1. The van der Waals surface area contributed by atoms with E-state index in [2.05, 4.69) is 5.32 Å². The third-order valence-corrected chi connectivity index (χ3v) is 2.54. The molecule has 0 saturated heterocycles. The number of anilines is 1. The molecule has 0 atom stereocenters. The minimum atomic E-state index is -0.0108. The summed E-state index contributed by atoms with van der Waals surface area (Å²) >= 11 is 11.6. The van der Waals surface area contributed by atoms with Crippen LogP contribution in [0.25, 0.3) is 0 Å². The third kappa shape index (κ3) is 4.10. The number of rotatable bonds is 3. The van der Waals surface area contributed by atoms with E-state index in [1.807, 2.05) is 13.8 Å². The monoisotopic (exact) mass is 245 g/mol. The van der Waals surface area contributed by atoms with Gasteiger partial charge in [-0.1, -0.05) is 37.0 Å². The van der Waals surface area contributed by atoms with Crippen molar-refractivity contribution in [1.29, 1.82) is 0 Å². The lowest BCUT2D eigenvalue weighted by Crippen LogP contribution is -2.13. The third-order valence-electron chi connectivity index (χ3n) is 1.80. The van der Waals surface area contributed by atoms with Gasteiger partial charge in [0.05, 0.1) is 10.0 Å². The van der Waals surface area contributed by atoms with Crippen LogP contribution in [0.5, 0.6) is 0 Å². The molecule has 0 fully saturated rings. The zero-order valence-electron chi connectivity index (χ0n) is 8.68. The van der Waals surface area contributed by atoms with Gasteiger partial charge in [0.15, 0.2) is 0 Å². The summed E-state index contributed by atoms with van der Waals surface area (Å²) in [4.78, 5) is 11.4. The maximum atomic E-state index is 11.4. The summed E-state index contributed by atoms with van der Waals surface area (Å²) in [6, 6.07) is 5.03. The standard InChI is InChI=1S/C11H13Cl2NO/c1-7(2)5-11(15)14-8-3-4-9(12)10(13)6-8/h3-4,6-7H,5H2,1-2H3,(H,14,15). The molecule has 2 nitrogen and oxygen atoms in total. The molecule has 4 heteroatoms. The van der Waals surface area contributed by atoms with E-state index >= 15 is 0 Å². The molecule has 1 aromatic carbocycles. The van der Waals surface area contributed by atoms with Crippen molar-refractivity contribution >= 4 is 34.8 Å². The normalized spacial score (nSPS) is 10.5. The molecule has 0 spiro atoms. The first-order valence-corrected chi connectivity index (χ1v) is 5.49. The number of carbonyl (C=O) groups is 1. The minimum Gasteiger partial charge on any atom is -0.326 e. The van der Waals surface area contributed by atoms with Crippen LogP contribution in [-0.2, 0) is 4.79 Å². The van der Waals surface area contributed by atoms with E-state index in [0.717, 1.165) is 0 Å². The second-order valence-electron chi connectivity index (χ2n) is 3.78. The van der Waals surface area contributed by atoms with E-state index in [1.165, 1.54) is 0 Å². The van der Waals surface area contributed by atoms with E-state index in [-0.39, 0.29) is 5.91 Å². The first kappa shape index (κ1) is 12.3. The van der Waals surface area contributed by atoms with E-state index < -0.39 is 0 Å². The predicted molar refractivity (Wildman–Crippen MR) is 64.5 cm³/mol. The second-order valence-corrected chi connectivity index (χ2v) is 4.59. The van der Waals surface area contributed by atoms with E-state index in [1.54, 1.807) is 18.2 Å². The lowest BCUT2D eigenvalue weighted by atomic mass is 10.1. The van der Waals surface area contributed by atoms with Crippen LogP contribution in [0.15, 0.2) is 18.2 Å². The van der Waals surface area contributed by atoms with Crippen molar-refractivity contribution in [3.8, 4) is 0 Å². The van der Waals surface area contributed by atoms with Crippen molar-refractivity contribution in [2.75, 3.05) is 5.32 Å². The molecule has 0 unspecified atom stereocenters. The van der Waals surface area contributed by atoms with Crippen LogP contribution in [0.1, 0.15) is 20.3 Å². The topological polar surface area (TPSA) is 29.1 Å². The van der Waals surface area contributed by atoms with Gasteiger partial charge in [0, 0.05) is 12.1 Å². The van der Waals surface area contributed by atoms with Crippen LogP contribution in [0.3, 0.4) is 0 Å². The van der Waals surface area contributed by atoms with Crippen LogP contribution in [0.2, 0.25) is 10.0 Å². The molecule has 0 aliphatic rings. The number of benzene rings is 1. The fraction of sp³-hybridized carbons (Fsp3) is 0.364. The Morgan fingerprint density at radius 3 is 2.53 bits per heavy atom. The van der Waals surface area contributed by atoms with Crippen LogP contribution in [0.4, 0.5) is 5.69 Å². The fourth-order valence-electron chi connectivity index (χ4n) is 1.16. The van der Waals surface area contributed by atoms with Gasteiger partial charge in [-0.3, -0.25) is 4.79 Å². The molecule has 1 aromatic rings. The Kier molecular flexibility index (Phi) is 4.43. The summed E-state index contributed by atoms with van der Waals surface area (Å²) in [7, 11) is 0. The summed E-state index contributed by atoms with van der Waals surface area (Å²) < 4.78 is 0. The highest BCUT2D eigenvalue weighted by atomic mass is 35.5. The Morgan fingerprint density at radius 2 is 2.00 bits per heavy atom. The Bertz CT molecular complexity index is 364. The first-order chi connectivity index (χ1) is 6.99. The first-order valence-electron chi connectivity index (χ1n) is 4.74. The number of halogens is 2. The summed E-state index contributed by atoms with van der Waals surface area (Å²) in [6.07, 6.45) is 0.500. The summed E-state index contributed by atoms with van der Waals surface area (Å²) in [5.41, 5.74) is 0.676. The van der Waals surface area contributed by atoms with Crippen molar-refractivity contribution in [1.82, 2.24) is 0 Å². The Labute approximate surface area is 99.6 Å². The second kappa shape index (κ2) is 5.38. The van der Waals surface area contributed by atoms with Gasteiger partial charge in [-0.15, -0.1) is 0 Å². The van der Waals surface area contributed by atoms with E-state index in [9.17, 15) is 4.79 Å². The van der Waals surface area contributed by atoms with Gasteiger partial charge in [0.1, 0.15) is 0 Å². The molecule has 1 rings (SSSR count). The zero-order valence-corrected chi connectivity index (χ0v) is 10.2. The van der Waals surface area contributed by atoms with Crippen LogP contribution in [-0.4, -0.2) is 5.91 Å². The number of hydrogen-bond acceptors (Lipinski definition) is 1. The van der Waals surface area contributed by atoms with E-state index in [0.29, 0.717) is 28.1 Å². The highest BCUT2D eigenvalue weighted by Gasteiger charge is 2.06. The number of hydrogen-bond donors (Lipinski definition) is 1. The number of amides is 1. The Morgan fingerprint density at radius 1 is 1.33 bits per heavy atom. The lowest BCUT2D eigenvalue weighted by Gasteiger charge is -2.07. The smallest absolute Gasteiger partial charge is 0.224 e. The van der Waals surface area contributed by atoms with Gasteiger partial charge in [-0.2, -0.15) is 0 Å². The molecular weight excluding hydrogens is 233 g/mol. The molecule has 1 amide bonds. The van der Waals surface area contributed by atoms with Crippen molar-refractivity contribution < 1.29 is 4.79 Å². The fourth-order valence-corrected chi connectivity index (χ4v) is 1.45. The predicted octanol–water partition coefficient (Wildman–Crippen LogP) is 3.98. The van der Waals surface area contributed by atoms with Crippen molar-refractivity contribution in [2.45, 2.75) is 20.3 Å². The van der Waals surface area contributed by atoms with E-state index in [4.69, 9.17) is 23.2 Å². The highest BCUT2D eigenvalue weighted by molar-refractivity contribution is 6.42. The molecule has 82 valence electrons. The van der Waals surface area contributed by atoms with Crippen LogP contribution in [0, 0.1) is 5.92 Å². The molecule has 0 aliphatic carbocycles. The average Bonchev–Trinajstić information content (AvgIpc) is 2.10. The number of carbonyl (C=O) groups excluding carboxylic acids is 1. The van der Waals surface area contributed by atoms with Crippen LogP contribution >= 0.6 is 23.2 Å². The molecular formula is C11H13Cl2NO. The van der Waals surface area contributed by atoms with Gasteiger partial charge in [0.2, 0.25) is 5.91 Å². The quantitative estimate of drug-likeness (QED) is 0.858. The van der Waals surface area contributed by atoms with Crippen molar-refractivity contribution in [3.05, 3.63) is 28.2 Å². The molecule has 0 heterocycles. The summed E-state index contributed by atoms with van der Waals surface area (Å²) in [5.74, 6) is 0.330. The molecule has 0 saturated carbocycles. The lowest BCUT2D eigenvalue weighted by molar-refractivity contribution is -0.116. The molecule has 1 N–H and O–H groups in total. The Hall–Kier alpha value is -0.730. The average molecular weight is 246 g/mol. The van der Waals surface area contributed by atoms with Crippen LogP contribution < -0.4 is 5.32 Å². The van der Waals surface area contributed by atoms with Crippen molar-refractivity contribution in [3.63, 3.8) is 0 Å². The van der Waals surface area contributed by atoms with Gasteiger partial charge in [0.25, 0.3) is 0 Å². The molecule has 0 aliphatic heterocycles. The van der Waals surface area contributed by atoms with Gasteiger partial charge < -0.3 is 5.32 Å². The van der Waals surface area contributed by atoms with Gasteiger partial charge in [-0.25, -0.2) is 0 Å². The molecule has 0 bridgehead atoms. The van der Waals surface area contributed by atoms with Gasteiger partial charge >= 0.3 is 0 Å². The Balaban J connectivity index is 2.65. The highest BCUT2D eigenvalue weighted by Crippen LogP contribution is 2.25. The van der Waals surface area contributed by atoms with Gasteiger partial charge in [-0.05, 0) is 24.1 Å². The van der Waals surface area contributed by atoms with Crippen molar-refractivity contribution in [2.24, 2.45) is 5.92 Å². The zero-order chi connectivity index (χ0) is 11.4. The molecule has 15 heavy (non-hydrogen) atoms. The molecule has 0 aromatic heterocycles. The summed E-state index contributed by atoms with van der Waals surface area (Å²) in [6.45, 7) is 3.99. The maximum Gasteiger partial charge on any atom is 0.224 e.